The van der Waals surface area contributed by atoms with Crippen molar-refractivity contribution in [1.29, 1.82) is 5.26 Å². The van der Waals surface area contributed by atoms with E-state index in [1.54, 1.807) is 54.6 Å². The molecule has 2 N–H and O–H groups in total. The van der Waals surface area contributed by atoms with Crippen LogP contribution < -0.4 is 10.6 Å². The van der Waals surface area contributed by atoms with Crippen LogP contribution in [0, 0.1) is 11.3 Å². The van der Waals surface area contributed by atoms with Crippen LogP contribution in [0.15, 0.2) is 77.3 Å². The molecule has 0 aliphatic carbocycles. The highest BCUT2D eigenvalue weighted by Crippen LogP contribution is 2.43. The van der Waals surface area contributed by atoms with Gasteiger partial charge < -0.3 is 19.9 Å². The van der Waals surface area contributed by atoms with Gasteiger partial charge in [-0.25, -0.2) is 9.59 Å². The van der Waals surface area contributed by atoms with Crippen LogP contribution in [0.5, 0.6) is 0 Å². The predicted molar refractivity (Wildman–Crippen MR) is 122 cm³/mol. The SMILES string of the molecule is COC(=O)Cc1ccc(N2C(N)=C(C#N)C(c3ccccc3)C(C(=O)OC)=C2C(=O)OC)cc1. The average Bonchev–Trinajstić information content (AvgIpc) is 2.87. The summed E-state index contributed by atoms with van der Waals surface area (Å²) in [5.41, 5.74) is 7.88. The summed E-state index contributed by atoms with van der Waals surface area (Å²) < 4.78 is 14.7. The first-order valence-electron chi connectivity index (χ1n) is 10.2. The van der Waals surface area contributed by atoms with Gasteiger partial charge in [0.25, 0.3) is 0 Å². The highest BCUT2D eigenvalue weighted by atomic mass is 16.5. The van der Waals surface area contributed by atoms with Gasteiger partial charge in [0, 0.05) is 5.69 Å². The number of nitrogens with zero attached hydrogens (tertiary/aromatic N) is 2. The molecule has 9 nitrogen and oxygen atoms in total. The molecule has 1 heterocycles. The summed E-state index contributed by atoms with van der Waals surface area (Å²) in [4.78, 5) is 38.9. The Morgan fingerprint density at radius 1 is 0.941 bits per heavy atom. The summed E-state index contributed by atoms with van der Waals surface area (Å²) >= 11 is 0. The monoisotopic (exact) mass is 461 g/mol. The Morgan fingerprint density at radius 3 is 2.09 bits per heavy atom. The van der Waals surface area contributed by atoms with E-state index in [0.717, 1.165) is 0 Å². The van der Waals surface area contributed by atoms with Gasteiger partial charge in [-0.05, 0) is 23.3 Å². The third-order valence-corrected chi connectivity index (χ3v) is 5.38. The van der Waals surface area contributed by atoms with Gasteiger partial charge >= 0.3 is 17.9 Å². The van der Waals surface area contributed by atoms with Crippen molar-refractivity contribution < 1.29 is 28.6 Å². The van der Waals surface area contributed by atoms with E-state index in [1.807, 2.05) is 0 Å². The molecule has 1 unspecified atom stereocenters. The Kier molecular flexibility index (Phi) is 7.33. The van der Waals surface area contributed by atoms with E-state index in [-0.39, 0.29) is 29.1 Å². The minimum absolute atomic E-state index is 0.0369. The second-order valence-electron chi connectivity index (χ2n) is 7.25. The lowest BCUT2D eigenvalue weighted by atomic mass is 9.81. The zero-order chi connectivity index (χ0) is 24.8. The largest absolute Gasteiger partial charge is 0.469 e. The first-order chi connectivity index (χ1) is 16.4. The van der Waals surface area contributed by atoms with Gasteiger partial charge in [-0.15, -0.1) is 0 Å². The number of carbonyl (C=O) groups is 3. The Labute approximate surface area is 196 Å². The summed E-state index contributed by atoms with van der Waals surface area (Å²) in [5, 5.41) is 10.0. The van der Waals surface area contributed by atoms with Gasteiger partial charge in [-0.2, -0.15) is 5.26 Å². The van der Waals surface area contributed by atoms with Gasteiger partial charge in [0.15, 0.2) is 0 Å². The van der Waals surface area contributed by atoms with Crippen molar-refractivity contribution in [3.05, 3.63) is 88.4 Å². The lowest BCUT2D eigenvalue weighted by Gasteiger charge is -2.35. The Hall–Kier alpha value is -4.58. The van der Waals surface area contributed by atoms with Crippen LogP contribution in [0.1, 0.15) is 17.0 Å². The molecular formula is C25H23N3O6. The normalized spacial score (nSPS) is 15.5. The summed E-state index contributed by atoms with van der Waals surface area (Å²) in [6, 6.07) is 17.4. The Bertz CT molecular complexity index is 1210. The molecule has 1 aliphatic rings. The maximum atomic E-state index is 13.0. The molecule has 0 aromatic heterocycles. The number of carbonyl (C=O) groups excluding carboxylic acids is 3. The lowest BCUT2D eigenvalue weighted by molar-refractivity contribution is -0.140. The molecule has 0 saturated carbocycles. The topological polar surface area (TPSA) is 132 Å². The van der Waals surface area contributed by atoms with Crippen LogP contribution in [-0.4, -0.2) is 39.2 Å². The fourth-order valence-electron chi connectivity index (χ4n) is 3.78. The Morgan fingerprint density at radius 2 is 1.56 bits per heavy atom. The number of hydrogen-bond donors (Lipinski definition) is 1. The molecule has 1 atom stereocenters. The number of benzene rings is 2. The molecule has 2 aromatic rings. The minimum Gasteiger partial charge on any atom is -0.469 e. The maximum absolute atomic E-state index is 13.0. The number of ether oxygens (including phenoxy) is 3. The van der Waals surface area contributed by atoms with Gasteiger partial charge in [0.2, 0.25) is 0 Å². The van der Waals surface area contributed by atoms with E-state index < -0.39 is 23.8 Å². The molecular weight excluding hydrogens is 438 g/mol. The zero-order valence-electron chi connectivity index (χ0n) is 18.9. The molecule has 0 bridgehead atoms. The molecule has 0 amide bonds. The Balaban J connectivity index is 2.27. The molecule has 0 radical (unpaired) electrons. The maximum Gasteiger partial charge on any atom is 0.355 e. The van der Waals surface area contributed by atoms with Crippen molar-refractivity contribution in [3.8, 4) is 6.07 Å². The van der Waals surface area contributed by atoms with E-state index in [9.17, 15) is 19.6 Å². The first kappa shape index (κ1) is 24.1. The third-order valence-electron chi connectivity index (χ3n) is 5.38. The van der Waals surface area contributed by atoms with Crippen molar-refractivity contribution in [2.24, 2.45) is 5.73 Å². The van der Waals surface area contributed by atoms with E-state index in [4.69, 9.17) is 15.2 Å². The molecule has 1 aliphatic heterocycles. The van der Waals surface area contributed by atoms with E-state index >= 15 is 0 Å². The molecule has 34 heavy (non-hydrogen) atoms. The highest BCUT2D eigenvalue weighted by Gasteiger charge is 2.42. The smallest absolute Gasteiger partial charge is 0.355 e. The van der Waals surface area contributed by atoms with Crippen molar-refractivity contribution in [1.82, 2.24) is 0 Å². The molecule has 9 heteroatoms. The number of esters is 3. The molecule has 174 valence electrons. The average molecular weight is 461 g/mol. The summed E-state index contributed by atoms with van der Waals surface area (Å²) in [5.74, 6) is -3.03. The number of methoxy groups -OCH3 is 3. The first-order valence-corrected chi connectivity index (χ1v) is 10.2. The predicted octanol–water partition coefficient (Wildman–Crippen LogP) is 2.30. The van der Waals surface area contributed by atoms with Gasteiger partial charge in [-0.1, -0.05) is 42.5 Å². The summed E-state index contributed by atoms with van der Waals surface area (Å²) in [6.07, 6.45) is 0.0503. The minimum atomic E-state index is -0.942. The fraction of sp³-hybridized carbons (Fsp3) is 0.200. The van der Waals surface area contributed by atoms with Crippen LogP contribution in [-0.2, 0) is 35.0 Å². The number of nitrogens with two attached hydrogens (primary N) is 1. The summed E-state index contributed by atoms with van der Waals surface area (Å²) in [6.45, 7) is 0. The van der Waals surface area contributed by atoms with Crippen LogP contribution in [0.25, 0.3) is 0 Å². The summed E-state index contributed by atoms with van der Waals surface area (Å²) in [7, 11) is 3.66. The molecule has 2 aromatic carbocycles. The van der Waals surface area contributed by atoms with Crippen molar-refractivity contribution in [2.75, 3.05) is 26.2 Å². The number of nitriles is 1. The van der Waals surface area contributed by atoms with Crippen LogP contribution in [0.4, 0.5) is 5.69 Å². The van der Waals surface area contributed by atoms with E-state index in [0.29, 0.717) is 16.8 Å². The molecule has 3 rings (SSSR count). The van der Waals surface area contributed by atoms with Crippen molar-refractivity contribution >= 4 is 23.6 Å². The number of anilines is 1. The molecule has 0 fully saturated rings. The van der Waals surface area contributed by atoms with Gasteiger partial charge in [-0.3, -0.25) is 9.69 Å². The van der Waals surface area contributed by atoms with Crippen molar-refractivity contribution in [2.45, 2.75) is 12.3 Å². The standard InChI is InChI=1S/C25H23N3O6/c1-32-19(29)13-15-9-11-17(12-10-15)28-22(25(31)34-3)21(24(30)33-2)20(18(14-26)23(28)27)16-7-5-4-6-8-16/h4-12,20H,13,27H2,1-3H3. The quantitative estimate of drug-likeness (QED) is 0.508. The molecule has 0 spiro atoms. The second kappa shape index (κ2) is 10.4. The van der Waals surface area contributed by atoms with Crippen LogP contribution in [0.3, 0.4) is 0 Å². The van der Waals surface area contributed by atoms with Crippen LogP contribution in [0.2, 0.25) is 0 Å². The van der Waals surface area contributed by atoms with Crippen LogP contribution >= 0.6 is 0 Å². The fourth-order valence-corrected chi connectivity index (χ4v) is 3.78. The zero-order valence-corrected chi connectivity index (χ0v) is 18.9. The molecule has 0 saturated heterocycles. The van der Waals surface area contributed by atoms with Crippen molar-refractivity contribution in [3.63, 3.8) is 0 Å². The van der Waals surface area contributed by atoms with E-state index in [2.05, 4.69) is 10.8 Å². The second-order valence-corrected chi connectivity index (χ2v) is 7.25. The van der Waals surface area contributed by atoms with Gasteiger partial charge in [0.1, 0.15) is 11.5 Å². The van der Waals surface area contributed by atoms with E-state index in [1.165, 1.54) is 26.2 Å². The number of allylic oxidation sites excluding steroid dienone is 1. The third kappa shape index (κ3) is 4.47. The lowest BCUT2D eigenvalue weighted by Crippen LogP contribution is -2.40. The number of rotatable bonds is 6. The number of hydrogen-bond acceptors (Lipinski definition) is 9. The highest BCUT2D eigenvalue weighted by molar-refractivity contribution is 6.06. The van der Waals surface area contributed by atoms with Gasteiger partial charge in [0.05, 0.1) is 50.9 Å².